The maximum Gasteiger partial charge on any atom is 0.123 e. The van der Waals surface area contributed by atoms with Crippen LogP contribution < -0.4 is 0 Å². The number of rotatable bonds is 4. The first kappa shape index (κ1) is 18.4. The normalized spacial score (nSPS) is 30.6. The van der Waals surface area contributed by atoms with Crippen LogP contribution in [-0.2, 0) is 4.74 Å². The molecule has 27 heavy (non-hydrogen) atoms. The number of aromatic nitrogens is 1. The van der Waals surface area contributed by atoms with Crippen molar-refractivity contribution in [3.8, 4) is 11.1 Å². The molecule has 4 atom stereocenters. The van der Waals surface area contributed by atoms with Gasteiger partial charge in [0.25, 0.3) is 0 Å². The maximum atomic E-state index is 13.4. The molecule has 0 spiro atoms. The second-order valence-corrected chi connectivity index (χ2v) is 8.30. The van der Waals surface area contributed by atoms with Gasteiger partial charge in [-0.3, -0.25) is 4.98 Å². The van der Waals surface area contributed by atoms with Gasteiger partial charge >= 0.3 is 0 Å². The van der Waals surface area contributed by atoms with E-state index >= 15 is 0 Å². The molecule has 2 aliphatic rings. The fraction of sp³-hybridized carbons (Fsp3) is 0.458. The number of methoxy groups -OCH3 is 1. The Morgan fingerprint density at radius 2 is 2.00 bits per heavy atom. The Bertz CT molecular complexity index is 815. The highest BCUT2D eigenvalue weighted by Gasteiger charge is 2.50. The highest BCUT2D eigenvalue weighted by Crippen LogP contribution is 2.52. The highest BCUT2D eigenvalue weighted by molar-refractivity contribution is 5.63. The van der Waals surface area contributed by atoms with Crippen molar-refractivity contribution in [3.63, 3.8) is 0 Å². The molecule has 2 aromatic rings. The molecule has 142 valence electrons. The predicted molar refractivity (Wildman–Crippen MR) is 108 cm³/mol. The molecule has 2 nitrogen and oxygen atoms in total. The van der Waals surface area contributed by atoms with Gasteiger partial charge in [-0.25, -0.2) is 4.39 Å². The van der Waals surface area contributed by atoms with Crippen LogP contribution in [0.1, 0.15) is 44.7 Å². The zero-order valence-corrected chi connectivity index (χ0v) is 16.2. The summed E-state index contributed by atoms with van der Waals surface area (Å²) in [6, 6.07) is 10.6. The Labute approximate surface area is 161 Å². The molecule has 2 aliphatic carbocycles. The van der Waals surface area contributed by atoms with Gasteiger partial charge in [-0.2, -0.15) is 0 Å². The number of pyridine rings is 1. The topological polar surface area (TPSA) is 22.1 Å². The lowest BCUT2D eigenvalue weighted by Crippen LogP contribution is -2.33. The lowest BCUT2D eigenvalue weighted by atomic mass is 9.77. The van der Waals surface area contributed by atoms with Crippen LogP contribution in [0.15, 0.2) is 48.7 Å². The van der Waals surface area contributed by atoms with Crippen molar-refractivity contribution in [2.45, 2.75) is 44.6 Å². The summed E-state index contributed by atoms with van der Waals surface area (Å²) in [6.07, 6.45) is 12.8. The summed E-state index contributed by atoms with van der Waals surface area (Å²) in [4.78, 5) is 4.57. The van der Waals surface area contributed by atoms with E-state index in [2.05, 4.69) is 24.1 Å². The molecule has 1 heterocycles. The first-order chi connectivity index (χ1) is 13.1. The maximum absolute atomic E-state index is 13.4. The van der Waals surface area contributed by atoms with Crippen LogP contribution in [0.25, 0.3) is 17.2 Å². The Morgan fingerprint density at radius 1 is 1.15 bits per heavy atom. The molecular formula is C24H28FNO. The second-order valence-electron chi connectivity index (χ2n) is 8.30. The van der Waals surface area contributed by atoms with Crippen LogP contribution in [0, 0.1) is 23.6 Å². The third-order valence-electron chi connectivity index (χ3n) is 6.69. The highest BCUT2D eigenvalue weighted by atomic mass is 19.1. The van der Waals surface area contributed by atoms with Crippen molar-refractivity contribution < 1.29 is 9.13 Å². The quantitative estimate of drug-likeness (QED) is 0.650. The zero-order chi connectivity index (χ0) is 18.9. The Balaban J connectivity index is 1.53. The summed E-state index contributed by atoms with van der Waals surface area (Å²) >= 11 is 0. The number of ether oxygens (including phenoxy) is 1. The van der Waals surface area contributed by atoms with E-state index in [0.29, 0.717) is 5.92 Å². The fourth-order valence-corrected chi connectivity index (χ4v) is 5.18. The summed E-state index contributed by atoms with van der Waals surface area (Å²) in [5.74, 6) is 1.74. The van der Waals surface area contributed by atoms with Gasteiger partial charge in [-0.15, -0.1) is 0 Å². The standard InChI is InChI=1S/C24H28FNO/c1-24(27-2)15-18-6-3-4-9-22(18)23(24)13-12-21-11-10-19(16-26-21)17-7-5-8-20(25)14-17/h5,7-8,10-14,16,18,22-23H,3-4,6,9,15H2,1-2H3/t18-,22+,23+,24+/m1/s1. The number of nitrogens with zero attached hydrogens (tertiary/aromatic N) is 1. The molecule has 0 radical (unpaired) electrons. The molecule has 2 saturated carbocycles. The molecule has 3 heteroatoms. The first-order valence-electron chi connectivity index (χ1n) is 10.0. The largest absolute Gasteiger partial charge is 0.378 e. The number of hydrogen-bond acceptors (Lipinski definition) is 2. The minimum Gasteiger partial charge on any atom is -0.378 e. The number of benzene rings is 1. The average molecular weight is 365 g/mol. The van der Waals surface area contributed by atoms with Crippen LogP contribution in [0.5, 0.6) is 0 Å². The second kappa shape index (κ2) is 7.55. The van der Waals surface area contributed by atoms with Gasteiger partial charge in [-0.1, -0.05) is 43.5 Å². The summed E-state index contributed by atoms with van der Waals surface area (Å²) in [6.45, 7) is 2.26. The lowest BCUT2D eigenvalue weighted by Gasteiger charge is -2.32. The molecule has 2 fully saturated rings. The van der Waals surface area contributed by atoms with Crippen molar-refractivity contribution in [2.24, 2.45) is 17.8 Å². The van der Waals surface area contributed by atoms with Crippen LogP contribution >= 0.6 is 0 Å². The van der Waals surface area contributed by atoms with Crippen molar-refractivity contribution in [2.75, 3.05) is 7.11 Å². The van der Waals surface area contributed by atoms with Gasteiger partial charge in [0.05, 0.1) is 11.3 Å². The van der Waals surface area contributed by atoms with E-state index in [1.807, 2.05) is 31.5 Å². The average Bonchev–Trinajstić information content (AvgIpc) is 2.99. The minimum atomic E-state index is -0.224. The van der Waals surface area contributed by atoms with Gasteiger partial charge < -0.3 is 4.74 Å². The summed E-state index contributed by atoms with van der Waals surface area (Å²) in [7, 11) is 1.85. The van der Waals surface area contributed by atoms with Crippen LogP contribution in [0.2, 0.25) is 0 Å². The Morgan fingerprint density at radius 3 is 2.74 bits per heavy atom. The van der Waals surface area contributed by atoms with Crippen LogP contribution in [0.3, 0.4) is 0 Å². The SMILES string of the molecule is CO[C@@]1(C)C[C@H]2CCCC[C@@H]2[C@@H]1C=Cc1ccc(-c2cccc(F)c2)cn1. The van der Waals surface area contributed by atoms with E-state index in [1.54, 1.807) is 6.07 Å². The molecule has 0 amide bonds. The molecule has 0 N–H and O–H groups in total. The minimum absolute atomic E-state index is 0.0717. The Hall–Kier alpha value is -2.00. The fourth-order valence-electron chi connectivity index (χ4n) is 5.18. The molecule has 0 aliphatic heterocycles. The van der Waals surface area contributed by atoms with Gasteiger partial charge in [0.2, 0.25) is 0 Å². The molecule has 1 aromatic heterocycles. The van der Waals surface area contributed by atoms with E-state index in [-0.39, 0.29) is 11.4 Å². The van der Waals surface area contributed by atoms with Crippen molar-refractivity contribution in [1.29, 1.82) is 0 Å². The van der Waals surface area contributed by atoms with Crippen molar-refractivity contribution >= 4 is 6.08 Å². The molecule has 0 saturated heterocycles. The molecule has 4 rings (SSSR count). The van der Waals surface area contributed by atoms with Gasteiger partial charge in [-0.05, 0) is 61.4 Å². The van der Waals surface area contributed by atoms with Crippen molar-refractivity contribution in [1.82, 2.24) is 4.98 Å². The number of fused-ring (bicyclic) bond motifs is 1. The molecule has 1 aromatic carbocycles. The summed E-state index contributed by atoms with van der Waals surface area (Å²) < 4.78 is 19.4. The smallest absolute Gasteiger partial charge is 0.123 e. The van der Waals surface area contributed by atoms with Crippen LogP contribution in [-0.4, -0.2) is 17.7 Å². The zero-order valence-electron chi connectivity index (χ0n) is 16.2. The van der Waals surface area contributed by atoms with Gasteiger partial charge in [0.1, 0.15) is 5.82 Å². The van der Waals surface area contributed by atoms with E-state index in [4.69, 9.17) is 4.74 Å². The third-order valence-corrected chi connectivity index (χ3v) is 6.69. The molecular weight excluding hydrogens is 337 g/mol. The molecule has 0 bridgehead atoms. The Kier molecular flexibility index (Phi) is 5.14. The van der Waals surface area contributed by atoms with E-state index in [9.17, 15) is 4.39 Å². The lowest BCUT2D eigenvalue weighted by molar-refractivity contribution is -0.0183. The van der Waals surface area contributed by atoms with E-state index in [0.717, 1.165) is 35.1 Å². The van der Waals surface area contributed by atoms with E-state index < -0.39 is 0 Å². The predicted octanol–water partition coefficient (Wildman–Crippen LogP) is 6.13. The molecule has 0 unspecified atom stereocenters. The van der Waals surface area contributed by atoms with E-state index in [1.165, 1.54) is 37.8 Å². The summed E-state index contributed by atoms with van der Waals surface area (Å²) in [5.41, 5.74) is 2.65. The number of hydrogen-bond donors (Lipinski definition) is 0. The van der Waals surface area contributed by atoms with Crippen molar-refractivity contribution in [3.05, 3.63) is 60.2 Å². The summed E-state index contributed by atoms with van der Waals surface area (Å²) in [5, 5.41) is 0. The number of halogens is 1. The monoisotopic (exact) mass is 365 g/mol. The third kappa shape index (κ3) is 3.70. The van der Waals surface area contributed by atoms with Gasteiger partial charge in [0, 0.05) is 24.8 Å². The van der Waals surface area contributed by atoms with Crippen LogP contribution in [0.4, 0.5) is 4.39 Å². The first-order valence-corrected chi connectivity index (χ1v) is 10.0. The van der Waals surface area contributed by atoms with Gasteiger partial charge in [0.15, 0.2) is 0 Å².